The standard InChI is InChI=1S/C20H24O5/c1-12(18(21)13-6-8-17(24-2)9-7-13)25-20(23)16-10-14-4-3-5-15(11-16)19(14)22/h6-9,12,14-16H,3-5,10-11H2,1-2H3/t12-,14-,15+,16?/m0/s1. The number of rotatable bonds is 5. The van der Waals surface area contributed by atoms with Crippen molar-refractivity contribution in [3.05, 3.63) is 29.8 Å². The van der Waals surface area contributed by atoms with Crippen molar-refractivity contribution in [2.45, 2.75) is 45.1 Å². The molecule has 5 nitrogen and oxygen atoms in total. The van der Waals surface area contributed by atoms with Gasteiger partial charge in [0.15, 0.2) is 6.10 Å². The fraction of sp³-hybridized carbons (Fsp3) is 0.550. The van der Waals surface area contributed by atoms with E-state index in [9.17, 15) is 14.4 Å². The lowest BCUT2D eigenvalue weighted by molar-refractivity contribution is -0.155. The summed E-state index contributed by atoms with van der Waals surface area (Å²) in [7, 11) is 1.56. The summed E-state index contributed by atoms with van der Waals surface area (Å²) in [5, 5.41) is 0. The van der Waals surface area contributed by atoms with Crippen LogP contribution < -0.4 is 4.74 Å². The summed E-state index contributed by atoms with van der Waals surface area (Å²) in [5.74, 6) is 0.133. The van der Waals surface area contributed by atoms with E-state index >= 15 is 0 Å². The summed E-state index contributed by atoms with van der Waals surface area (Å²) >= 11 is 0. The first-order chi connectivity index (χ1) is 12.0. The van der Waals surface area contributed by atoms with Crippen LogP contribution in [0.2, 0.25) is 0 Å². The fourth-order valence-corrected chi connectivity index (χ4v) is 3.99. The van der Waals surface area contributed by atoms with Gasteiger partial charge in [-0.05, 0) is 56.9 Å². The molecule has 2 aliphatic rings. The van der Waals surface area contributed by atoms with Crippen LogP contribution in [-0.2, 0) is 14.3 Å². The van der Waals surface area contributed by atoms with Gasteiger partial charge in [-0.15, -0.1) is 0 Å². The lowest BCUT2D eigenvalue weighted by atomic mass is 9.67. The molecule has 0 spiro atoms. The Morgan fingerprint density at radius 3 is 2.24 bits per heavy atom. The number of carbonyl (C=O) groups excluding carboxylic acids is 3. The third kappa shape index (κ3) is 3.75. The van der Waals surface area contributed by atoms with E-state index in [1.807, 2.05) is 0 Å². The second-order valence-electron chi connectivity index (χ2n) is 7.07. The smallest absolute Gasteiger partial charge is 0.309 e. The molecule has 2 bridgehead atoms. The molecule has 1 unspecified atom stereocenters. The fourth-order valence-electron chi connectivity index (χ4n) is 3.99. The van der Waals surface area contributed by atoms with Crippen LogP contribution in [0.5, 0.6) is 5.75 Å². The van der Waals surface area contributed by atoms with E-state index in [1.165, 1.54) is 0 Å². The number of ketones is 2. The molecule has 5 heteroatoms. The molecule has 0 aliphatic heterocycles. The zero-order chi connectivity index (χ0) is 18.0. The van der Waals surface area contributed by atoms with Crippen LogP contribution in [-0.4, -0.2) is 30.7 Å². The van der Waals surface area contributed by atoms with Crippen LogP contribution >= 0.6 is 0 Å². The lowest BCUT2D eigenvalue weighted by Gasteiger charge is -2.36. The van der Waals surface area contributed by atoms with Crippen molar-refractivity contribution in [3.8, 4) is 5.75 Å². The van der Waals surface area contributed by atoms with E-state index < -0.39 is 6.10 Å². The summed E-state index contributed by atoms with van der Waals surface area (Å²) in [6, 6.07) is 6.73. The molecule has 1 aromatic rings. The Morgan fingerprint density at radius 1 is 1.08 bits per heavy atom. The zero-order valence-corrected chi connectivity index (χ0v) is 14.7. The second-order valence-corrected chi connectivity index (χ2v) is 7.07. The van der Waals surface area contributed by atoms with Gasteiger partial charge in [-0.25, -0.2) is 0 Å². The maximum atomic E-state index is 12.5. The first-order valence-corrected chi connectivity index (χ1v) is 8.92. The van der Waals surface area contributed by atoms with Crippen LogP contribution in [0.1, 0.15) is 49.4 Å². The molecule has 0 radical (unpaired) electrons. The van der Waals surface area contributed by atoms with Gasteiger partial charge in [0.25, 0.3) is 0 Å². The number of methoxy groups -OCH3 is 1. The molecule has 0 aromatic heterocycles. The van der Waals surface area contributed by atoms with Crippen molar-refractivity contribution >= 4 is 17.5 Å². The first-order valence-electron chi connectivity index (χ1n) is 8.92. The topological polar surface area (TPSA) is 69.7 Å². The number of esters is 1. The van der Waals surface area contributed by atoms with E-state index in [0.717, 1.165) is 19.3 Å². The Hall–Kier alpha value is -2.17. The maximum Gasteiger partial charge on any atom is 0.309 e. The van der Waals surface area contributed by atoms with Gasteiger partial charge in [0.2, 0.25) is 5.78 Å². The number of fused-ring (bicyclic) bond motifs is 2. The largest absolute Gasteiger partial charge is 0.497 e. The van der Waals surface area contributed by atoms with Gasteiger partial charge in [-0.1, -0.05) is 6.42 Å². The van der Waals surface area contributed by atoms with Crippen molar-refractivity contribution in [2.75, 3.05) is 7.11 Å². The molecule has 0 N–H and O–H groups in total. The average Bonchev–Trinajstić information content (AvgIpc) is 2.60. The monoisotopic (exact) mass is 344 g/mol. The normalized spacial score (nSPS) is 26.6. The molecular weight excluding hydrogens is 320 g/mol. The number of hydrogen-bond acceptors (Lipinski definition) is 5. The molecule has 0 amide bonds. The van der Waals surface area contributed by atoms with Crippen molar-refractivity contribution in [3.63, 3.8) is 0 Å². The predicted molar refractivity (Wildman–Crippen MR) is 91.4 cm³/mol. The van der Waals surface area contributed by atoms with Crippen LogP contribution in [0.3, 0.4) is 0 Å². The molecule has 0 heterocycles. The molecule has 2 saturated carbocycles. The van der Waals surface area contributed by atoms with Crippen molar-refractivity contribution < 1.29 is 23.9 Å². The van der Waals surface area contributed by atoms with E-state index in [4.69, 9.17) is 9.47 Å². The number of benzene rings is 1. The summed E-state index contributed by atoms with van der Waals surface area (Å²) in [4.78, 5) is 37.0. The molecular formula is C20H24O5. The maximum absolute atomic E-state index is 12.5. The van der Waals surface area contributed by atoms with Gasteiger partial charge >= 0.3 is 5.97 Å². The molecule has 25 heavy (non-hydrogen) atoms. The Bertz CT molecular complexity index is 647. The first kappa shape index (κ1) is 17.6. The zero-order valence-electron chi connectivity index (χ0n) is 14.7. The minimum Gasteiger partial charge on any atom is -0.497 e. The van der Waals surface area contributed by atoms with E-state index in [-0.39, 0.29) is 29.5 Å². The number of Topliss-reactive ketones (excluding diaryl/α,β-unsaturated/α-hetero) is 2. The molecule has 1 aromatic carbocycles. The molecule has 134 valence electrons. The Morgan fingerprint density at radius 2 is 1.68 bits per heavy atom. The van der Waals surface area contributed by atoms with E-state index in [0.29, 0.717) is 29.9 Å². The van der Waals surface area contributed by atoms with Gasteiger partial charge in [-0.2, -0.15) is 0 Å². The molecule has 2 aliphatic carbocycles. The number of carbonyl (C=O) groups is 3. The minimum absolute atomic E-state index is 0.00218. The van der Waals surface area contributed by atoms with Gasteiger partial charge in [0.1, 0.15) is 11.5 Å². The van der Waals surface area contributed by atoms with Crippen molar-refractivity contribution in [2.24, 2.45) is 17.8 Å². The van der Waals surface area contributed by atoms with Crippen LogP contribution in [0.4, 0.5) is 0 Å². The van der Waals surface area contributed by atoms with Gasteiger partial charge in [-0.3, -0.25) is 14.4 Å². The SMILES string of the molecule is COc1ccc(C(=O)[C@H](C)OC(=O)C2C[C@H]3CCC[C@@H](C2)C3=O)cc1. The van der Waals surface area contributed by atoms with Gasteiger partial charge < -0.3 is 9.47 Å². The predicted octanol–water partition coefficient (Wildman–Crippen LogP) is 3.21. The highest BCUT2D eigenvalue weighted by Gasteiger charge is 2.42. The molecule has 2 fully saturated rings. The summed E-state index contributed by atoms with van der Waals surface area (Å²) < 4.78 is 10.5. The number of ether oxygens (including phenoxy) is 2. The van der Waals surface area contributed by atoms with Gasteiger partial charge in [0, 0.05) is 17.4 Å². The van der Waals surface area contributed by atoms with Crippen LogP contribution in [0.15, 0.2) is 24.3 Å². The third-order valence-electron chi connectivity index (χ3n) is 5.42. The second kappa shape index (κ2) is 7.38. The Kier molecular flexibility index (Phi) is 5.21. The third-order valence-corrected chi connectivity index (χ3v) is 5.42. The summed E-state index contributed by atoms with van der Waals surface area (Å²) in [6.07, 6.45) is 3.11. The van der Waals surface area contributed by atoms with E-state index in [2.05, 4.69) is 0 Å². The van der Waals surface area contributed by atoms with Crippen molar-refractivity contribution in [1.29, 1.82) is 0 Å². The van der Waals surface area contributed by atoms with Crippen LogP contribution in [0.25, 0.3) is 0 Å². The highest BCUT2D eigenvalue weighted by atomic mass is 16.5. The summed E-state index contributed by atoms with van der Waals surface area (Å²) in [5.41, 5.74) is 0.483. The Labute approximate surface area is 147 Å². The highest BCUT2D eigenvalue weighted by Crippen LogP contribution is 2.40. The Balaban J connectivity index is 1.60. The van der Waals surface area contributed by atoms with Crippen LogP contribution in [0, 0.1) is 17.8 Å². The lowest BCUT2D eigenvalue weighted by Crippen LogP contribution is -2.40. The van der Waals surface area contributed by atoms with Gasteiger partial charge in [0.05, 0.1) is 13.0 Å². The number of hydrogen-bond donors (Lipinski definition) is 0. The molecule has 0 saturated heterocycles. The molecule has 4 atom stereocenters. The molecule has 3 rings (SSSR count). The highest BCUT2D eigenvalue weighted by molar-refractivity contribution is 6.00. The summed E-state index contributed by atoms with van der Waals surface area (Å²) in [6.45, 7) is 1.60. The van der Waals surface area contributed by atoms with E-state index in [1.54, 1.807) is 38.3 Å². The average molecular weight is 344 g/mol. The minimum atomic E-state index is -0.835. The quantitative estimate of drug-likeness (QED) is 0.606. The van der Waals surface area contributed by atoms with Crippen molar-refractivity contribution in [1.82, 2.24) is 0 Å².